The van der Waals surface area contributed by atoms with Gasteiger partial charge in [0.05, 0.1) is 29.6 Å². The standard InChI is InChI=1S/C18H24N2O9S/c1-18(2,3)28-17(22)19-11-13(7-10-15(19)16(21)27-4)29-30(25,26)14-8-5-12(6-9-14)20(23)24/h5-6,8-9,13,15H,7,10-11H2,1-4H3/t13-,15-/m0/s1. The van der Waals surface area contributed by atoms with Crippen LogP contribution in [0.4, 0.5) is 10.5 Å². The van der Waals surface area contributed by atoms with Crippen LogP contribution in [0.1, 0.15) is 33.6 Å². The van der Waals surface area contributed by atoms with Crippen molar-refractivity contribution in [1.29, 1.82) is 0 Å². The molecule has 1 aromatic carbocycles. The van der Waals surface area contributed by atoms with Crippen molar-refractivity contribution in [3.8, 4) is 0 Å². The smallest absolute Gasteiger partial charge is 0.411 e. The fourth-order valence-electron chi connectivity index (χ4n) is 2.89. The number of piperidine rings is 1. The average molecular weight is 444 g/mol. The summed E-state index contributed by atoms with van der Waals surface area (Å²) in [5.41, 5.74) is -1.08. The molecule has 0 aliphatic carbocycles. The quantitative estimate of drug-likeness (QED) is 0.289. The van der Waals surface area contributed by atoms with Crippen molar-refractivity contribution >= 4 is 27.9 Å². The number of hydrogen-bond donors (Lipinski definition) is 0. The molecule has 0 bridgehead atoms. The molecule has 0 radical (unpaired) electrons. The minimum absolute atomic E-state index is 0.117. The monoisotopic (exact) mass is 444 g/mol. The van der Waals surface area contributed by atoms with Gasteiger partial charge in [0.25, 0.3) is 15.8 Å². The van der Waals surface area contributed by atoms with Gasteiger partial charge in [0.1, 0.15) is 11.6 Å². The zero-order chi connectivity index (χ0) is 22.7. The van der Waals surface area contributed by atoms with Crippen molar-refractivity contribution in [1.82, 2.24) is 4.90 Å². The Morgan fingerprint density at radius 1 is 1.17 bits per heavy atom. The van der Waals surface area contributed by atoms with Crippen LogP contribution in [0, 0.1) is 10.1 Å². The van der Waals surface area contributed by atoms with E-state index in [9.17, 15) is 28.1 Å². The van der Waals surface area contributed by atoms with Gasteiger partial charge in [-0.05, 0) is 45.7 Å². The molecule has 1 aliphatic rings. The predicted molar refractivity (Wildman–Crippen MR) is 103 cm³/mol. The van der Waals surface area contributed by atoms with Gasteiger partial charge >= 0.3 is 12.1 Å². The summed E-state index contributed by atoms with van der Waals surface area (Å²) in [7, 11) is -3.06. The van der Waals surface area contributed by atoms with Gasteiger partial charge in [0, 0.05) is 12.1 Å². The highest BCUT2D eigenvalue weighted by molar-refractivity contribution is 7.86. The van der Waals surface area contributed by atoms with Crippen LogP contribution in [0.2, 0.25) is 0 Å². The Bertz CT molecular complexity index is 907. The van der Waals surface area contributed by atoms with E-state index < -0.39 is 44.9 Å². The number of ether oxygens (including phenoxy) is 2. The summed E-state index contributed by atoms with van der Waals surface area (Å²) in [6.07, 6.45) is -1.44. The van der Waals surface area contributed by atoms with E-state index in [1.165, 1.54) is 7.11 Å². The fraction of sp³-hybridized carbons (Fsp3) is 0.556. The number of esters is 1. The number of nitro groups is 1. The summed E-state index contributed by atoms with van der Waals surface area (Å²) in [6, 6.07) is 3.32. The first-order valence-electron chi connectivity index (χ1n) is 9.09. The van der Waals surface area contributed by atoms with Crippen LogP contribution in [0.3, 0.4) is 0 Å². The van der Waals surface area contributed by atoms with Crippen molar-refractivity contribution < 1.29 is 36.6 Å². The molecule has 1 aromatic rings. The Kier molecular flexibility index (Phi) is 7.03. The number of benzene rings is 1. The van der Waals surface area contributed by atoms with Gasteiger partial charge in [0.15, 0.2) is 0 Å². The summed E-state index contributed by atoms with van der Waals surface area (Å²) < 4.78 is 40.4. The molecule has 1 fully saturated rings. The number of non-ortho nitro benzene ring substituents is 1. The van der Waals surface area contributed by atoms with Gasteiger partial charge in [0.2, 0.25) is 0 Å². The maximum Gasteiger partial charge on any atom is 0.411 e. The molecule has 0 saturated carbocycles. The summed E-state index contributed by atoms with van der Waals surface area (Å²) in [5, 5.41) is 10.7. The highest BCUT2D eigenvalue weighted by atomic mass is 32.2. The van der Waals surface area contributed by atoms with Crippen LogP contribution in [0.15, 0.2) is 29.2 Å². The lowest BCUT2D eigenvalue weighted by Gasteiger charge is -2.38. The van der Waals surface area contributed by atoms with E-state index in [-0.39, 0.29) is 30.0 Å². The van der Waals surface area contributed by atoms with E-state index in [0.717, 1.165) is 29.2 Å². The Balaban J connectivity index is 2.19. The maximum absolute atomic E-state index is 12.6. The van der Waals surface area contributed by atoms with E-state index in [1.54, 1.807) is 20.8 Å². The second-order valence-electron chi connectivity index (χ2n) is 7.67. The van der Waals surface area contributed by atoms with Crippen molar-refractivity contribution in [2.45, 2.75) is 56.3 Å². The summed E-state index contributed by atoms with van der Waals surface area (Å²) in [5.74, 6) is -0.641. The zero-order valence-corrected chi connectivity index (χ0v) is 17.9. The largest absolute Gasteiger partial charge is 0.467 e. The molecule has 12 heteroatoms. The first kappa shape index (κ1) is 23.5. The van der Waals surface area contributed by atoms with Gasteiger partial charge in [-0.3, -0.25) is 19.2 Å². The van der Waals surface area contributed by atoms with Crippen LogP contribution in [0.25, 0.3) is 0 Å². The number of nitro benzene ring substituents is 1. The molecule has 2 atom stereocenters. The van der Waals surface area contributed by atoms with E-state index in [1.807, 2.05) is 0 Å². The molecule has 166 valence electrons. The third kappa shape index (κ3) is 5.89. The predicted octanol–water partition coefficient (Wildman–Crippen LogP) is 2.24. The zero-order valence-electron chi connectivity index (χ0n) is 17.1. The molecule has 0 N–H and O–H groups in total. The van der Waals surface area contributed by atoms with Crippen LogP contribution in [-0.4, -0.2) is 61.7 Å². The Morgan fingerprint density at radius 3 is 2.27 bits per heavy atom. The number of nitrogens with zero attached hydrogens (tertiary/aromatic N) is 2. The normalized spacial score (nSPS) is 19.8. The van der Waals surface area contributed by atoms with E-state index in [4.69, 9.17) is 13.7 Å². The van der Waals surface area contributed by atoms with Crippen molar-refractivity contribution in [2.24, 2.45) is 0 Å². The maximum atomic E-state index is 12.6. The molecule has 11 nitrogen and oxygen atoms in total. The van der Waals surface area contributed by atoms with Crippen LogP contribution in [0.5, 0.6) is 0 Å². The number of hydrogen-bond acceptors (Lipinski definition) is 9. The first-order valence-corrected chi connectivity index (χ1v) is 10.5. The minimum Gasteiger partial charge on any atom is -0.467 e. The molecule has 2 rings (SSSR count). The van der Waals surface area contributed by atoms with E-state index >= 15 is 0 Å². The lowest BCUT2D eigenvalue weighted by atomic mass is 10.0. The van der Waals surface area contributed by atoms with E-state index in [0.29, 0.717) is 0 Å². The van der Waals surface area contributed by atoms with Gasteiger partial charge in [-0.15, -0.1) is 0 Å². The van der Waals surface area contributed by atoms with Crippen molar-refractivity contribution in [3.05, 3.63) is 34.4 Å². The van der Waals surface area contributed by atoms with Gasteiger partial charge in [-0.2, -0.15) is 8.42 Å². The molecule has 0 unspecified atom stereocenters. The topological polar surface area (TPSA) is 142 Å². The molecule has 1 heterocycles. The molecule has 1 amide bonds. The molecule has 1 aliphatic heterocycles. The lowest BCUT2D eigenvalue weighted by Crippen LogP contribution is -2.54. The van der Waals surface area contributed by atoms with Crippen LogP contribution < -0.4 is 0 Å². The third-order valence-corrected chi connectivity index (χ3v) is 5.61. The van der Waals surface area contributed by atoms with Crippen molar-refractivity contribution in [3.63, 3.8) is 0 Å². The van der Waals surface area contributed by atoms with Gasteiger partial charge in [-0.1, -0.05) is 0 Å². The first-order chi connectivity index (χ1) is 13.8. The molecular formula is C18H24N2O9S. The third-order valence-electron chi connectivity index (χ3n) is 4.24. The number of rotatable bonds is 5. The summed E-state index contributed by atoms with van der Waals surface area (Å²) in [4.78, 5) is 35.5. The number of methoxy groups -OCH3 is 1. The highest BCUT2D eigenvalue weighted by Crippen LogP contribution is 2.26. The number of carbonyl (C=O) groups excluding carboxylic acids is 2. The van der Waals surface area contributed by atoms with Gasteiger partial charge in [-0.25, -0.2) is 9.59 Å². The average Bonchev–Trinajstić information content (AvgIpc) is 2.65. The SMILES string of the molecule is COC(=O)[C@@H]1CC[C@H](OS(=O)(=O)c2ccc([N+](=O)[O-])cc2)CN1C(=O)OC(C)(C)C. The molecular weight excluding hydrogens is 420 g/mol. The lowest BCUT2D eigenvalue weighted by molar-refractivity contribution is -0.384. The summed E-state index contributed by atoms with van der Waals surface area (Å²) >= 11 is 0. The van der Waals surface area contributed by atoms with Crippen LogP contribution >= 0.6 is 0 Å². The van der Waals surface area contributed by atoms with E-state index in [2.05, 4.69) is 0 Å². The summed E-state index contributed by atoms with van der Waals surface area (Å²) in [6.45, 7) is 4.78. The van der Waals surface area contributed by atoms with Gasteiger partial charge < -0.3 is 9.47 Å². The Hall–Kier alpha value is -2.73. The number of carbonyl (C=O) groups is 2. The Labute approximate surface area is 174 Å². The minimum atomic E-state index is -4.25. The Morgan fingerprint density at radius 2 is 1.77 bits per heavy atom. The number of likely N-dealkylation sites (tertiary alicyclic amines) is 1. The van der Waals surface area contributed by atoms with Crippen molar-refractivity contribution in [2.75, 3.05) is 13.7 Å². The second-order valence-corrected chi connectivity index (χ2v) is 9.24. The second kappa shape index (κ2) is 8.96. The fourth-order valence-corrected chi connectivity index (χ4v) is 3.98. The molecule has 0 spiro atoms. The number of amides is 1. The molecule has 30 heavy (non-hydrogen) atoms. The molecule has 1 saturated heterocycles. The molecule has 0 aromatic heterocycles. The highest BCUT2D eigenvalue weighted by Gasteiger charge is 2.40. The van der Waals surface area contributed by atoms with Crippen LogP contribution in [-0.2, 0) is 28.6 Å².